The molecule has 0 radical (unpaired) electrons. The number of pyridine rings is 1. The third-order valence-electron chi connectivity index (χ3n) is 14.1. The molecule has 2 unspecified atom stereocenters. The first-order valence-corrected chi connectivity index (χ1v) is 24.7. The van der Waals surface area contributed by atoms with Gasteiger partial charge in [0.05, 0.1) is 0 Å². The van der Waals surface area contributed by atoms with Crippen LogP contribution in [0.1, 0.15) is 174 Å². The lowest BCUT2D eigenvalue weighted by Gasteiger charge is -2.34. The third-order valence-corrected chi connectivity index (χ3v) is 14.1. The predicted octanol–water partition coefficient (Wildman–Crippen LogP) is 14.1. The highest BCUT2D eigenvalue weighted by molar-refractivity contribution is 5.98. The monoisotopic (exact) mass is 894 g/mol. The van der Waals surface area contributed by atoms with Crippen LogP contribution in [0.2, 0.25) is 0 Å². The van der Waals surface area contributed by atoms with E-state index in [1.54, 1.807) is 6.92 Å². The molecule has 7 heteroatoms. The maximum atomic E-state index is 13.9. The summed E-state index contributed by atoms with van der Waals surface area (Å²) in [4.78, 5) is 55.2. The number of hydrogen-bond donors (Lipinski definition) is 1. The number of hydrogen-bond acceptors (Lipinski definition) is 7. The summed E-state index contributed by atoms with van der Waals surface area (Å²) < 4.78 is 0. The van der Waals surface area contributed by atoms with Crippen molar-refractivity contribution < 1.29 is 22.0 Å². The maximum Gasteiger partial charge on any atom is 0.156 e. The van der Waals surface area contributed by atoms with Gasteiger partial charge in [-0.15, -0.1) is 0 Å². The predicted molar refractivity (Wildman–Crippen MR) is 278 cm³/mol. The van der Waals surface area contributed by atoms with Crippen molar-refractivity contribution in [2.75, 3.05) is 19.6 Å². The number of nitrogens with one attached hydrogen (secondary N) is 1. The summed E-state index contributed by atoms with van der Waals surface area (Å²) in [5.41, 5.74) is 9.07. The van der Waals surface area contributed by atoms with E-state index >= 15 is 0 Å². The van der Waals surface area contributed by atoms with Crippen molar-refractivity contribution in [3.05, 3.63) is 105 Å². The van der Waals surface area contributed by atoms with Crippen LogP contribution < -0.4 is 0 Å². The second kappa shape index (κ2) is 30.8. The van der Waals surface area contributed by atoms with Crippen molar-refractivity contribution in [3.8, 4) is 0 Å². The Morgan fingerprint density at radius 1 is 0.862 bits per heavy atom. The molecule has 1 saturated carbocycles. The lowest BCUT2D eigenvalue weighted by atomic mass is 9.74. The van der Waals surface area contributed by atoms with Crippen molar-refractivity contribution in [1.29, 1.82) is 5.41 Å². The number of benzene rings is 2. The number of carbonyl (C=O) groups excluding carboxylic acids is 4. The average Bonchev–Trinajstić information content (AvgIpc) is 3.29. The number of Topliss-reactive ketones (excluding diaryl/α,β-unsaturated/α-hetero) is 3. The fraction of sp³-hybridized carbons (Fsp3) is 0.586. The number of aromatic nitrogens is 1. The van der Waals surface area contributed by atoms with E-state index in [0.29, 0.717) is 36.4 Å². The number of nitrogens with zero attached hydrogens (tertiary/aromatic N) is 2. The molecule has 1 aliphatic carbocycles. The maximum absolute atomic E-state index is 13.9. The standard InChI is InChI=1S/C38H57N3O2.C17H22O.C2H4O.CH4.2H2/c1-7-10-31(23-32-13-17-40-18-14-32)11-9-12-37(42)36(25-33-15-19-41(8-2)20-16-33)30(6)38(43)28(4)22-34-21-27(3)29(5)35(24-34)26-39;1-13-8-6-7-11-16(13)12-17(14(2)18)15-9-4-3-5-10-15;1-2-3;;;/h13-14,17-18,21,24,26,28,30-31,33,36,39H,7-12,15-16,19-20,22-23,25H2,1-6H3;6-8,11-12,15H,3-5,9-10H2,1-2H3;2H,1H3;1H4;2*1H/b;17-12+;;;;/t28-,30?,31?,36-;;;;;/m1...../s1. The van der Waals surface area contributed by atoms with Crippen LogP contribution >= 0.6 is 0 Å². The lowest BCUT2D eigenvalue weighted by molar-refractivity contribution is -0.134. The topological polar surface area (TPSA) is 108 Å². The van der Waals surface area contributed by atoms with Gasteiger partial charge in [0, 0.05) is 45.6 Å². The Bertz CT molecular complexity index is 1930. The van der Waals surface area contributed by atoms with Crippen molar-refractivity contribution in [3.63, 3.8) is 0 Å². The fourth-order valence-corrected chi connectivity index (χ4v) is 10.0. The van der Waals surface area contributed by atoms with Crippen LogP contribution in [-0.2, 0) is 32.0 Å². The highest BCUT2D eigenvalue weighted by Gasteiger charge is 2.35. The van der Waals surface area contributed by atoms with Crippen LogP contribution in [-0.4, -0.2) is 59.4 Å². The second-order valence-electron chi connectivity index (χ2n) is 18.9. The van der Waals surface area contributed by atoms with E-state index in [-0.39, 0.29) is 39.6 Å². The van der Waals surface area contributed by atoms with Crippen LogP contribution in [0, 0.1) is 61.7 Å². The first-order valence-electron chi connectivity index (χ1n) is 24.7. The van der Waals surface area contributed by atoms with Crippen LogP contribution in [0.3, 0.4) is 0 Å². The quantitative estimate of drug-likeness (QED) is 0.0648. The van der Waals surface area contributed by atoms with E-state index in [9.17, 15) is 14.4 Å². The zero-order valence-corrected chi connectivity index (χ0v) is 41.2. The molecule has 1 N–H and O–H groups in total. The van der Waals surface area contributed by atoms with E-state index in [2.05, 4.69) is 74.0 Å². The smallest absolute Gasteiger partial charge is 0.156 e. The number of aldehydes is 1. The molecule has 5 rings (SSSR count). The van der Waals surface area contributed by atoms with Gasteiger partial charge in [-0.05, 0) is 199 Å². The molecule has 2 fully saturated rings. The summed E-state index contributed by atoms with van der Waals surface area (Å²) in [6.45, 7) is 21.1. The van der Waals surface area contributed by atoms with E-state index in [1.165, 1.54) is 68.4 Å². The van der Waals surface area contributed by atoms with E-state index < -0.39 is 0 Å². The third kappa shape index (κ3) is 19.2. The molecule has 3 aromatic rings. The molecular formula is C58H91N3O4. The van der Waals surface area contributed by atoms with Gasteiger partial charge < -0.3 is 15.1 Å². The number of ketones is 3. The van der Waals surface area contributed by atoms with Crippen LogP contribution in [0.5, 0.6) is 0 Å². The summed E-state index contributed by atoms with van der Waals surface area (Å²) >= 11 is 0. The molecule has 1 aliphatic heterocycles. The van der Waals surface area contributed by atoms with E-state index in [0.717, 1.165) is 98.7 Å². The van der Waals surface area contributed by atoms with Gasteiger partial charge in [-0.1, -0.05) is 97.6 Å². The minimum atomic E-state index is -0.274. The van der Waals surface area contributed by atoms with Crippen LogP contribution in [0.4, 0.5) is 0 Å². The highest BCUT2D eigenvalue weighted by atomic mass is 16.1. The molecular weight excluding hydrogens is 803 g/mol. The molecule has 7 nitrogen and oxygen atoms in total. The Labute approximate surface area is 398 Å². The Kier molecular flexibility index (Phi) is 26.9. The minimum Gasteiger partial charge on any atom is -0.308 e. The summed E-state index contributed by atoms with van der Waals surface area (Å²) in [5, 5.41) is 7.79. The zero-order valence-electron chi connectivity index (χ0n) is 41.2. The Balaban J connectivity index is 0.00000151. The first-order chi connectivity index (χ1) is 30.8. The van der Waals surface area contributed by atoms with Gasteiger partial charge in [-0.3, -0.25) is 19.4 Å². The molecule has 2 heterocycles. The average molecular weight is 894 g/mol. The number of aryl methyl sites for hydroxylation is 2. The fourth-order valence-electron chi connectivity index (χ4n) is 10.0. The van der Waals surface area contributed by atoms with Crippen molar-refractivity contribution in [2.45, 2.75) is 166 Å². The van der Waals surface area contributed by atoms with Crippen molar-refractivity contribution >= 4 is 35.9 Å². The largest absolute Gasteiger partial charge is 0.308 e. The molecule has 0 amide bonds. The molecule has 1 aromatic heterocycles. The Morgan fingerprint density at radius 2 is 1.51 bits per heavy atom. The molecule has 4 atom stereocenters. The number of rotatable bonds is 21. The van der Waals surface area contributed by atoms with Gasteiger partial charge in [0.1, 0.15) is 17.9 Å². The van der Waals surface area contributed by atoms with E-state index in [1.807, 2.05) is 51.4 Å². The summed E-state index contributed by atoms with van der Waals surface area (Å²) in [6, 6.07) is 16.7. The van der Waals surface area contributed by atoms with Gasteiger partial charge in [0.15, 0.2) is 5.78 Å². The summed E-state index contributed by atoms with van der Waals surface area (Å²) in [7, 11) is 0. The molecule has 0 spiro atoms. The molecule has 2 aromatic carbocycles. The lowest BCUT2D eigenvalue weighted by Crippen LogP contribution is -2.37. The molecule has 1 saturated heterocycles. The number of allylic oxidation sites excluding steroid dienone is 1. The summed E-state index contributed by atoms with van der Waals surface area (Å²) in [5.74, 6) is 1.67. The minimum absolute atomic E-state index is 0. The summed E-state index contributed by atoms with van der Waals surface area (Å²) in [6.07, 6.45) is 23.8. The normalized spacial score (nSPS) is 16.5. The van der Waals surface area contributed by atoms with Gasteiger partial charge >= 0.3 is 0 Å². The molecule has 2 aliphatic rings. The Morgan fingerprint density at radius 3 is 2.09 bits per heavy atom. The molecule has 0 bridgehead atoms. The van der Waals surface area contributed by atoms with Crippen molar-refractivity contribution in [1.82, 2.24) is 9.88 Å². The van der Waals surface area contributed by atoms with Gasteiger partial charge in [-0.2, -0.15) is 0 Å². The number of likely N-dealkylation sites (tertiary alicyclic amines) is 1. The van der Waals surface area contributed by atoms with Crippen LogP contribution in [0.25, 0.3) is 6.08 Å². The second-order valence-corrected chi connectivity index (χ2v) is 18.9. The zero-order chi connectivity index (χ0) is 47.0. The van der Waals surface area contributed by atoms with Crippen molar-refractivity contribution in [2.24, 2.45) is 35.5 Å². The first kappa shape index (κ1) is 56.8. The SMILES string of the molecule is C.CC(=O)/C(=C\c1ccccc1C)C1CCCCC1.CC=O.CCCC(CCCC(=O)[C@H](CC1CCN(CC)CC1)C(C)C(=O)[C@H](C)Cc1cc(C)c(C)c(C=N)c1)Cc1ccncc1.[HH].[HH]. The Hall–Kier alpha value is -4.36. The van der Waals surface area contributed by atoms with Gasteiger partial charge in [0.2, 0.25) is 0 Å². The molecule has 65 heavy (non-hydrogen) atoms. The number of piperidine rings is 1. The van der Waals surface area contributed by atoms with E-state index in [4.69, 9.17) is 10.2 Å². The number of carbonyl (C=O) groups is 4. The van der Waals surface area contributed by atoms with Gasteiger partial charge in [0.25, 0.3) is 0 Å². The molecule has 362 valence electrons. The van der Waals surface area contributed by atoms with Gasteiger partial charge in [-0.25, -0.2) is 0 Å². The highest BCUT2D eigenvalue weighted by Crippen LogP contribution is 2.34. The van der Waals surface area contributed by atoms with Crippen LogP contribution in [0.15, 0.2) is 66.5 Å².